The largest absolute Gasteiger partial charge is 0.369 e. The molecule has 27 heavy (non-hydrogen) atoms. The molecule has 0 aliphatic heterocycles. The van der Waals surface area contributed by atoms with Crippen LogP contribution in [0.1, 0.15) is 30.9 Å². The molecule has 0 heterocycles. The van der Waals surface area contributed by atoms with E-state index in [2.05, 4.69) is 22.3 Å². The Labute approximate surface area is 160 Å². The number of carbonyl (C=O) groups excluding carboxylic acids is 2. The zero-order valence-corrected chi connectivity index (χ0v) is 15.7. The molecule has 5 nitrogen and oxygen atoms in total. The number of carbonyl (C=O) groups is 2. The molecule has 2 aromatic carbocycles. The number of nitrogens with zero attached hydrogens (tertiary/aromatic N) is 1. The maximum atomic E-state index is 12.1. The molecule has 1 aliphatic rings. The van der Waals surface area contributed by atoms with Crippen molar-refractivity contribution in [3.63, 3.8) is 0 Å². The van der Waals surface area contributed by atoms with E-state index in [4.69, 9.17) is 5.73 Å². The molecule has 0 spiro atoms. The minimum atomic E-state index is -0.291. The Balaban J connectivity index is 1.59. The van der Waals surface area contributed by atoms with Crippen LogP contribution < -0.4 is 11.1 Å². The van der Waals surface area contributed by atoms with Crippen LogP contribution >= 0.6 is 0 Å². The zero-order valence-electron chi connectivity index (χ0n) is 15.7. The molecule has 0 bridgehead atoms. The number of hydrogen-bond donors (Lipinski definition) is 2. The number of benzene rings is 2. The first kappa shape index (κ1) is 19.1. The molecule has 3 rings (SSSR count). The third-order valence-corrected chi connectivity index (χ3v) is 5.07. The summed E-state index contributed by atoms with van der Waals surface area (Å²) < 4.78 is 0. The summed E-state index contributed by atoms with van der Waals surface area (Å²) in [5.74, 6) is -0.436. The highest BCUT2D eigenvalue weighted by Gasteiger charge is 2.45. The van der Waals surface area contributed by atoms with Crippen LogP contribution in [0.3, 0.4) is 0 Å². The fraction of sp³-hybridized carbons (Fsp3) is 0.318. The lowest BCUT2D eigenvalue weighted by Crippen LogP contribution is -2.38. The standard InChI is InChI=1S/C22H26N3O2/c1-2-25(15-20(23)26)16-22(12-13-22)18-8-10-19(11-9-18)24-21(27)14-17-6-4-3-5-7-17/h3-11,14H,2,12-13,15-16H2,1H3,(H2,23,26)(H,24,27). The van der Waals surface area contributed by atoms with E-state index in [0.717, 1.165) is 37.2 Å². The first-order chi connectivity index (χ1) is 13.0. The summed E-state index contributed by atoms with van der Waals surface area (Å²) in [6, 6.07) is 17.5. The van der Waals surface area contributed by atoms with E-state index in [9.17, 15) is 9.59 Å². The molecule has 0 atom stereocenters. The van der Waals surface area contributed by atoms with Gasteiger partial charge in [-0.15, -0.1) is 0 Å². The van der Waals surface area contributed by atoms with Gasteiger partial charge < -0.3 is 11.1 Å². The molecule has 2 amide bonds. The minimum Gasteiger partial charge on any atom is -0.369 e. The van der Waals surface area contributed by atoms with E-state index >= 15 is 0 Å². The number of likely N-dealkylation sites (N-methyl/N-ethyl adjacent to an activating group) is 1. The second-order valence-corrected chi connectivity index (χ2v) is 7.17. The van der Waals surface area contributed by atoms with E-state index in [0.29, 0.717) is 6.54 Å². The summed E-state index contributed by atoms with van der Waals surface area (Å²) >= 11 is 0. The number of primary amides is 1. The van der Waals surface area contributed by atoms with Crippen molar-refractivity contribution >= 4 is 17.5 Å². The van der Waals surface area contributed by atoms with Crippen LogP contribution in [0.15, 0.2) is 54.6 Å². The lowest BCUT2D eigenvalue weighted by molar-refractivity contribution is -0.119. The lowest BCUT2D eigenvalue weighted by Gasteiger charge is -2.25. The molecular weight excluding hydrogens is 338 g/mol. The van der Waals surface area contributed by atoms with Gasteiger partial charge in [-0.1, -0.05) is 49.4 Å². The summed E-state index contributed by atoms with van der Waals surface area (Å²) in [7, 11) is 0. The smallest absolute Gasteiger partial charge is 0.233 e. The normalized spacial score (nSPS) is 14.7. The van der Waals surface area contributed by atoms with Gasteiger partial charge in [0.2, 0.25) is 11.8 Å². The van der Waals surface area contributed by atoms with Crippen LogP contribution in [0.4, 0.5) is 5.69 Å². The Morgan fingerprint density at radius 1 is 1.11 bits per heavy atom. The van der Waals surface area contributed by atoms with Crippen molar-refractivity contribution < 1.29 is 9.59 Å². The number of anilines is 1. The Morgan fingerprint density at radius 3 is 2.33 bits per heavy atom. The molecule has 0 aromatic heterocycles. The lowest BCUT2D eigenvalue weighted by atomic mass is 9.95. The quantitative estimate of drug-likeness (QED) is 0.718. The van der Waals surface area contributed by atoms with E-state index in [1.165, 1.54) is 5.56 Å². The van der Waals surface area contributed by atoms with Crippen molar-refractivity contribution in [2.24, 2.45) is 5.73 Å². The van der Waals surface area contributed by atoms with Crippen molar-refractivity contribution in [2.75, 3.05) is 25.0 Å². The minimum absolute atomic E-state index is 0.101. The average molecular weight is 364 g/mol. The number of rotatable bonds is 9. The summed E-state index contributed by atoms with van der Waals surface area (Å²) in [5.41, 5.74) is 8.34. The van der Waals surface area contributed by atoms with Crippen LogP contribution in [0, 0.1) is 6.42 Å². The molecule has 5 heteroatoms. The molecule has 2 aromatic rings. The van der Waals surface area contributed by atoms with Gasteiger partial charge in [-0.25, -0.2) is 0 Å². The highest BCUT2D eigenvalue weighted by molar-refractivity contribution is 5.99. The van der Waals surface area contributed by atoms with Crippen LogP contribution in [0.5, 0.6) is 0 Å². The molecule has 1 aliphatic carbocycles. The zero-order chi connectivity index (χ0) is 19.3. The Morgan fingerprint density at radius 2 is 1.78 bits per heavy atom. The molecule has 0 saturated heterocycles. The van der Waals surface area contributed by atoms with Gasteiger partial charge in [0.25, 0.3) is 0 Å². The summed E-state index contributed by atoms with van der Waals surface area (Å²) in [4.78, 5) is 25.5. The summed E-state index contributed by atoms with van der Waals surface area (Å²) in [5, 5.41) is 2.90. The van der Waals surface area contributed by atoms with Gasteiger partial charge in [-0.2, -0.15) is 0 Å². The van der Waals surface area contributed by atoms with Crippen molar-refractivity contribution in [2.45, 2.75) is 25.2 Å². The molecular formula is C22H26N3O2. The molecule has 1 radical (unpaired) electrons. The number of hydrogen-bond acceptors (Lipinski definition) is 3. The van der Waals surface area contributed by atoms with Gasteiger partial charge in [0.05, 0.1) is 13.0 Å². The first-order valence-electron chi connectivity index (χ1n) is 9.33. The molecule has 1 fully saturated rings. The van der Waals surface area contributed by atoms with Crippen LogP contribution in [0.2, 0.25) is 0 Å². The van der Waals surface area contributed by atoms with Crippen LogP contribution in [0.25, 0.3) is 0 Å². The molecule has 1 saturated carbocycles. The second kappa shape index (κ2) is 8.35. The van der Waals surface area contributed by atoms with E-state index < -0.39 is 0 Å². The van der Waals surface area contributed by atoms with Crippen LogP contribution in [-0.4, -0.2) is 36.3 Å². The first-order valence-corrected chi connectivity index (χ1v) is 9.33. The maximum Gasteiger partial charge on any atom is 0.233 e. The number of nitrogens with one attached hydrogen (secondary N) is 1. The summed E-state index contributed by atoms with van der Waals surface area (Å²) in [6.45, 7) is 3.97. The Kier molecular flexibility index (Phi) is 5.91. The van der Waals surface area contributed by atoms with Crippen molar-refractivity contribution in [1.82, 2.24) is 4.90 Å². The van der Waals surface area contributed by atoms with Crippen LogP contribution in [-0.2, 0) is 15.0 Å². The number of amides is 2. The van der Waals surface area contributed by atoms with Gasteiger partial charge in [0.15, 0.2) is 0 Å². The molecule has 0 unspecified atom stereocenters. The van der Waals surface area contributed by atoms with E-state index in [-0.39, 0.29) is 17.2 Å². The highest BCUT2D eigenvalue weighted by atomic mass is 16.2. The maximum absolute atomic E-state index is 12.1. The third-order valence-electron chi connectivity index (χ3n) is 5.07. The van der Waals surface area contributed by atoms with Gasteiger partial charge >= 0.3 is 0 Å². The topological polar surface area (TPSA) is 75.4 Å². The monoisotopic (exact) mass is 364 g/mol. The van der Waals surface area contributed by atoms with Crippen molar-refractivity contribution in [3.05, 3.63) is 72.1 Å². The molecule has 3 N–H and O–H groups in total. The van der Waals surface area contributed by atoms with Gasteiger partial charge in [0.1, 0.15) is 0 Å². The second-order valence-electron chi connectivity index (χ2n) is 7.17. The Hall–Kier alpha value is -2.66. The van der Waals surface area contributed by atoms with Crippen molar-refractivity contribution in [3.8, 4) is 0 Å². The number of nitrogens with two attached hydrogens (primary N) is 1. The van der Waals surface area contributed by atoms with Crippen molar-refractivity contribution in [1.29, 1.82) is 0 Å². The van der Waals surface area contributed by atoms with E-state index in [1.54, 1.807) is 6.42 Å². The average Bonchev–Trinajstić information content (AvgIpc) is 3.43. The molecule has 141 valence electrons. The third kappa shape index (κ3) is 5.17. The Bertz CT molecular complexity index is 783. The van der Waals surface area contributed by atoms with Gasteiger partial charge in [-0.05, 0) is 42.6 Å². The highest BCUT2D eigenvalue weighted by Crippen LogP contribution is 2.48. The van der Waals surface area contributed by atoms with Gasteiger partial charge in [-0.3, -0.25) is 14.5 Å². The van der Waals surface area contributed by atoms with Gasteiger partial charge in [0, 0.05) is 17.6 Å². The SMILES string of the molecule is CCN(CC(N)=O)CC1(c2ccc(NC(=O)[CH]c3ccccc3)cc2)CC1. The fourth-order valence-corrected chi connectivity index (χ4v) is 3.40. The van der Waals surface area contributed by atoms with E-state index in [1.807, 2.05) is 49.4 Å². The fourth-order valence-electron chi connectivity index (χ4n) is 3.40. The predicted molar refractivity (Wildman–Crippen MR) is 107 cm³/mol. The predicted octanol–water partition coefficient (Wildman–Crippen LogP) is 2.72. The summed E-state index contributed by atoms with van der Waals surface area (Å²) in [6.07, 6.45) is 3.80.